The van der Waals surface area contributed by atoms with Gasteiger partial charge >= 0.3 is 5.97 Å². The van der Waals surface area contributed by atoms with E-state index in [0.29, 0.717) is 11.3 Å². The summed E-state index contributed by atoms with van der Waals surface area (Å²) in [6, 6.07) is 0. The molecule has 15 heavy (non-hydrogen) atoms. The number of esters is 1. The van der Waals surface area contributed by atoms with Crippen molar-refractivity contribution in [2.45, 2.75) is 52.6 Å². The van der Waals surface area contributed by atoms with Gasteiger partial charge in [-0.25, -0.2) is 4.79 Å². The molecule has 1 fully saturated rings. The zero-order chi connectivity index (χ0) is 11.5. The molecule has 1 saturated carbocycles. The van der Waals surface area contributed by atoms with Crippen molar-refractivity contribution in [3.8, 4) is 0 Å². The second kappa shape index (κ2) is 4.82. The van der Waals surface area contributed by atoms with Crippen LogP contribution in [0.3, 0.4) is 0 Å². The van der Waals surface area contributed by atoms with Gasteiger partial charge in [0.1, 0.15) is 6.10 Å². The fourth-order valence-corrected chi connectivity index (χ4v) is 2.30. The molecule has 1 aliphatic rings. The predicted octanol–water partition coefficient (Wildman–Crippen LogP) is 3.32. The Morgan fingerprint density at radius 2 is 2.27 bits per heavy atom. The molecule has 1 rings (SSSR count). The second-order valence-corrected chi connectivity index (χ2v) is 5.17. The van der Waals surface area contributed by atoms with Gasteiger partial charge in [0, 0.05) is 6.08 Å². The first-order valence-corrected chi connectivity index (χ1v) is 5.81. The van der Waals surface area contributed by atoms with Crippen molar-refractivity contribution in [1.29, 1.82) is 0 Å². The zero-order valence-electron chi connectivity index (χ0n) is 10.1. The van der Waals surface area contributed by atoms with E-state index in [2.05, 4.69) is 27.4 Å². The van der Waals surface area contributed by atoms with Crippen LogP contribution in [0.4, 0.5) is 0 Å². The van der Waals surface area contributed by atoms with Gasteiger partial charge in [0.25, 0.3) is 0 Å². The van der Waals surface area contributed by atoms with Crippen LogP contribution in [-0.2, 0) is 9.53 Å². The Kier molecular flexibility index (Phi) is 3.95. The van der Waals surface area contributed by atoms with Crippen molar-refractivity contribution in [2.75, 3.05) is 0 Å². The molecular weight excluding hydrogens is 188 g/mol. The summed E-state index contributed by atoms with van der Waals surface area (Å²) < 4.78 is 5.33. The molecule has 2 unspecified atom stereocenters. The smallest absolute Gasteiger partial charge is 0.330 e. The minimum Gasteiger partial charge on any atom is -0.459 e. The number of carbonyl (C=O) groups is 1. The second-order valence-electron chi connectivity index (χ2n) is 5.17. The number of ether oxygens (including phenoxy) is 1. The van der Waals surface area contributed by atoms with Crippen LogP contribution in [0.15, 0.2) is 12.7 Å². The van der Waals surface area contributed by atoms with Crippen LogP contribution in [0.2, 0.25) is 0 Å². The van der Waals surface area contributed by atoms with Crippen LogP contribution in [0, 0.1) is 11.3 Å². The molecule has 1 aliphatic carbocycles. The molecule has 86 valence electrons. The van der Waals surface area contributed by atoms with Crippen molar-refractivity contribution in [3.63, 3.8) is 0 Å². The van der Waals surface area contributed by atoms with E-state index >= 15 is 0 Å². The summed E-state index contributed by atoms with van der Waals surface area (Å²) in [4.78, 5) is 11.1. The number of hydrogen-bond donors (Lipinski definition) is 0. The Labute approximate surface area is 92.7 Å². The lowest BCUT2D eigenvalue weighted by atomic mass is 9.67. The van der Waals surface area contributed by atoms with Gasteiger partial charge in [0.05, 0.1) is 0 Å². The summed E-state index contributed by atoms with van der Waals surface area (Å²) in [5.74, 6) is 0.357. The van der Waals surface area contributed by atoms with E-state index < -0.39 is 0 Å². The standard InChI is InChI=1S/C13H22O2/c1-5-12(14)15-11-7-6-8-13(4,9-11)10(2)3/h5,10-11H,1,6-9H2,2-4H3. The van der Waals surface area contributed by atoms with E-state index in [1.807, 2.05) is 0 Å². The highest BCUT2D eigenvalue weighted by atomic mass is 16.5. The van der Waals surface area contributed by atoms with E-state index in [1.54, 1.807) is 0 Å². The average molecular weight is 210 g/mol. The fourth-order valence-electron chi connectivity index (χ4n) is 2.30. The van der Waals surface area contributed by atoms with Crippen molar-refractivity contribution in [2.24, 2.45) is 11.3 Å². The molecule has 0 N–H and O–H groups in total. The van der Waals surface area contributed by atoms with E-state index in [1.165, 1.54) is 12.5 Å². The minimum absolute atomic E-state index is 0.0941. The highest BCUT2D eigenvalue weighted by molar-refractivity contribution is 5.81. The Hall–Kier alpha value is -0.790. The summed E-state index contributed by atoms with van der Waals surface area (Å²) in [6.45, 7) is 10.2. The van der Waals surface area contributed by atoms with E-state index in [0.717, 1.165) is 19.3 Å². The molecule has 0 aromatic carbocycles. The molecule has 0 aromatic rings. The van der Waals surface area contributed by atoms with Crippen LogP contribution < -0.4 is 0 Å². The maximum absolute atomic E-state index is 11.1. The van der Waals surface area contributed by atoms with Gasteiger partial charge in [-0.15, -0.1) is 0 Å². The van der Waals surface area contributed by atoms with Crippen LogP contribution in [-0.4, -0.2) is 12.1 Å². The first-order chi connectivity index (χ1) is 6.98. The van der Waals surface area contributed by atoms with Gasteiger partial charge in [-0.1, -0.05) is 27.4 Å². The Morgan fingerprint density at radius 3 is 2.80 bits per heavy atom. The van der Waals surface area contributed by atoms with E-state index in [4.69, 9.17) is 4.74 Å². The number of carbonyl (C=O) groups excluding carboxylic acids is 1. The predicted molar refractivity (Wildman–Crippen MR) is 61.5 cm³/mol. The van der Waals surface area contributed by atoms with Crippen molar-refractivity contribution < 1.29 is 9.53 Å². The molecule has 0 spiro atoms. The third-order valence-corrected chi connectivity index (χ3v) is 3.81. The molecule has 0 aliphatic heterocycles. The van der Waals surface area contributed by atoms with E-state index in [-0.39, 0.29) is 12.1 Å². The highest BCUT2D eigenvalue weighted by Crippen LogP contribution is 2.42. The quantitative estimate of drug-likeness (QED) is 0.527. The molecule has 0 radical (unpaired) electrons. The van der Waals surface area contributed by atoms with Crippen molar-refractivity contribution in [3.05, 3.63) is 12.7 Å². The molecule has 2 atom stereocenters. The largest absolute Gasteiger partial charge is 0.459 e. The normalized spacial score (nSPS) is 31.3. The lowest BCUT2D eigenvalue weighted by molar-refractivity contribution is -0.147. The van der Waals surface area contributed by atoms with Crippen LogP contribution in [0.5, 0.6) is 0 Å². The maximum atomic E-state index is 11.1. The van der Waals surface area contributed by atoms with Crippen LogP contribution in [0.25, 0.3) is 0 Å². The third kappa shape index (κ3) is 3.08. The average Bonchev–Trinajstić information content (AvgIpc) is 2.17. The fraction of sp³-hybridized carbons (Fsp3) is 0.769. The molecule has 0 heterocycles. The first kappa shape index (κ1) is 12.3. The molecule has 0 amide bonds. The summed E-state index contributed by atoms with van der Waals surface area (Å²) >= 11 is 0. The van der Waals surface area contributed by atoms with Gasteiger partial charge in [0.15, 0.2) is 0 Å². The topological polar surface area (TPSA) is 26.3 Å². The molecule has 0 saturated heterocycles. The van der Waals surface area contributed by atoms with E-state index in [9.17, 15) is 4.79 Å². The summed E-state index contributed by atoms with van der Waals surface area (Å²) in [5.41, 5.74) is 0.324. The van der Waals surface area contributed by atoms with Gasteiger partial charge in [-0.3, -0.25) is 0 Å². The monoisotopic (exact) mass is 210 g/mol. The SMILES string of the molecule is C=CC(=O)OC1CCCC(C)(C(C)C)C1. The van der Waals surface area contributed by atoms with Crippen LogP contribution in [0.1, 0.15) is 46.5 Å². The minimum atomic E-state index is -0.284. The Morgan fingerprint density at radius 1 is 1.60 bits per heavy atom. The Balaban J connectivity index is 2.56. The first-order valence-electron chi connectivity index (χ1n) is 5.81. The molecule has 2 heteroatoms. The van der Waals surface area contributed by atoms with Crippen molar-refractivity contribution in [1.82, 2.24) is 0 Å². The lowest BCUT2D eigenvalue weighted by Gasteiger charge is -2.40. The molecule has 0 aromatic heterocycles. The zero-order valence-corrected chi connectivity index (χ0v) is 10.1. The molecular formula is C13H22O2. The molecule has 2 nitrogen and oxygen atoms in total. The summed E-state index contributed by atoms with van der Waals surface area (Å²) in [7, 11) is 0. The van der Waals surface area contributed by atoms with Gasteiger partial charge in [0.2, 0.25) is 0 Å². The lowest BCUT2D eigenvalue weighted by Crippen LogP contribution is -2.35. The van der Waals surface area contributed by atoms with Gasteiger partial charge < -0.3 is 4.74 Å². The molecule has 0 bridgehead atoms. The maximum Gasteiger partial charge on any atom is 0.330 e. The van der Waals surface area contributed by atoms with Gasteiger partial charge in [-0.2, -0.15) is 0 Å². The van der Waals surface area contributed by atoms with Gasteiger partial charge in [-0.05, 0) is 37.0 Å². The Bertz CT molecular complexity index is 245. The summed E-state index contributed by atoms with van der Waals surface area (Å²) in [6.07, 6.45) is 5.74. The number of rotatable bonds is 3. The summed E-state index contributed by atoms with van der Waals surface area (Å²) in [5, 5.41) is 0. The highest BCUT2D eigenvalue weighted by Gasteiger charge is 2.35. The third-order valence-electron chi connectivity index (χ3n) is 3.81. The van der Waals surface area contributed by atoms with Crippen molar-refractivity contribution >= 4 is 5.97 Å². The number of hydrogen-bond acceptors (Lipinski definition) is 2. The van der Waals surface area contributed by atoms with Crippen LogP contribution >= 0.6 is 0 Å².